The van der Waals surface area contributed by atoms with E-state index in [-0.39, 0.29) is 10.7 Å². The second kappa shape index (κ2) is 8.17. The highest BCUT2D eigenvalue weighted by Gasteiger charge is 2.21. The van der Waals surface area contributed by atoms with Crippen molar-refractivity contribution in [2.75, 3.05) is 11.6 Å². The van der Waals surface area contributed by atoms with Crippen LogP contribution in [0.5, 0.6) is 0 Å². The average molecular weight is 368 g/mol. The molecule has 1 amide bonds. The van der Waals surface area contributed by atoms with Gasteiger partial charge in [0.05, 0.1) is 11.3 Å². The number of nitrogens with one attached hydrogen (secondary N) is 1. The van der Waals surface area contributed by atoms with Crippen LogP contribution >= 0.6 is 23.4 Å². The van der Waals surface area contributed by atoms with E-state index in [4.69, 9.17) is 16.3 Å². The molecule has 7 heteroatoms. The predicted molar refractivity (Wildman–Crippen MR) is 93.1 cm³/mol. The fourth-order valence-corrected chi connectivity index (χ4v) is 2.66. The summed E-state index contributed by atoms with van der Waals surface area (Å²) < 4.78 is 18.9. The first-order valence-corrected chi connectivity index (χ1v) is 8.62. The van der Waals surface area contributed by atoms with E-state index in [0.29, 0.717) is 5.56 Å². The number of rotatable bonds is 5. The summed E-state index contributed by atoms with van der Waals surface area (Å²) in [5, 5.41) is 2.59. The van der Waals surface area contributed by atoms with Crippen LogP contribution in [0.4, 0.5) is 10.1 Å². The lowest BCUT2D eigenvalue weighted by molar-refractivity contribution is -0.123. The van der Waals surface area contributed by atoms with Crippen LogP contribution in [0.15, 0.2) is 47.4 Å². The van der Waals surface area contributed by atoms with E-state index in [9.17, 15) is 14.0 Å². The fraction of sp³-hybridized carbons (Fsp3) is 0.176. The summed E-state index contributed by atoms with van der Waals surface area (Å²) in [6.45, 7) is 1.42. The van der Waals surface area contributed by atoms with Crippen molar-refractivity contribution >= 4 is 40.9 Å². The van der Waals surface area contributed by atoms with Crippen LogP contribution in [0.3, 0.4) is 0 Å². The molecule has 0 fully saturated rings. The smallest absolute Gasteiger partial charge is 0.340 e. The monoisotopic (exact) mass is 367 g/mol. The van der Waals surface area contributed by atoms with Crippen molar-refractivity contribution in [1.82, 2.24) is 0 Å². The largest absolute Gasteiger partial charge is 0.449 e. The highest BCUT2D eigenvalue weighted by atomic mass is 35.5. The van der Waals surface area contributed by atoms with E-state index in [1.165, 1.54) is 30.8 Å². The Labute approximate surface area is 148 Å². The molecule has 0 bridgehead atoms. The summed E-state index contributed by atoms with van der Waals surface area (Å²) in [7, 11) is 0. The Bertz CT molecular complexity index is 769. The molecule has 0 spiro atoms. The van der Waals surface area contributed by atoms with Gasteiger partial charge in [-0.25, -0.2) is 9.18 Å². The number of anilines is 1. The molecule has 2 rings (SSSR count). The third-order valence-corrected chi connectivity index (χ3v) is 4.20. The minimum atomic E-state index is -1.08. The first-order valence-electron chi connectivity index (χ1n) is 7.02. The van der Waals surface area contributed by atoms with Gasteiger partial charge in [0.15, 0.2) is 6.10 Å². The second-order valence-corrected chi connectivity index (χ2v) is 6.15. The maximum absolute atomic E-state index is 13.7. The van der Waals surface area contributed by atoms with E-state index < -0.39 is 23.8 Å². The Balaban J connectivity index is 2.04. The molecule has 0 saturated carbocycles. The van der Waals surface area contributed by atoms with Crippen molar-refractivity contribution in [2.45, 2.75) is 17.9 Å². The maximum Gasteiger partial charge on any atom is 0.340 e. The van der Waals surface area contributed by atoms with Crippen LogP contribution in [0.2, 0.25) is 5.02 Å². The molecule has 1 N–H and O–H groups in total. The molecule has 0 radical (unpaired) electrons. The SMILES string of the molecule is CSc1ccccc1C(=O)OC(C)C(=O)Nc1ccc(Cl)cc1F. The van der Waals surface area contributed by atoms with Gasteiger partial charge in [0.1, 0.15) is 5.82 Å². The van der Waals surface area contributed by atoms with Crippen LogP contribution in [-0.4, -0.2) is 24.2 Å². The van der Waals surface area contributed by atoms with Gasteiger partial charge < -0.3 is 10.1 Å². The van der Waals surface area contributed by atoms with Gasteiger partial charge in [0.25, 0.3) is 5.91 Å². The zero-order chi connectivity index (χ0) is 17.7. The molecule has 1 unspecified atom stereocenters. The minimum Gasteiger partial charge on any atom is -0.449 e. The Kier molecular flexibility index (Phi) is 6.23. The van der Waals surface area contributed by atoms with E-state index in [0.717, 1.165) is 11.0 Å². The van der Waals surface area contributed by atoms with Gasteiger partial charge in [-0.1, -0.05) is 23.7 Å². The highest BCUT2D eigenvalue weighted by Crippen LogP contribution is 2.22. The van der Waals surface area contributed by atoms with Crippen molar-refractivity contribution in [3.8, 4) is 0 Å². The Morgan fingerprint density at radius 2 is 1.96 bits per heavy atom. The number of ether oxygens (including phenoxy) is 1. The lowest BCUT2D eigenvalue weighted by Gasteiger charge is -2.15. The first kappa shape index (κ1) is 18.3. The standard InChI is InChI=1S/C17H15ClFNO3S/c1-10(16(21)20-14-8-7-11(18)9-13(14)19)23-17(22)12-5-3-4-6-15(12)24-2/h3-10H,1-2H3,(H,20,21). The topological polar surface area (TPSA) is 55.4 Å². The number of carbonyl (C=O) groups is 2. The van der Waals surface area contributed by atoms with Crippen LogP contribution in [0.1, 0.15) is 17.3 Å². The lowest BCUT2D eigenvalue weighted by Crippen LogP contribution is -2.30. The Hall–Kier alpha value is -2.05. The summed E-state index contributed by atoms with van der Waals surface area (Å²) in [6, 6.07) is 10.8. The van der Waals surface area contributed by atoms with Crippen LogP contribution < -0.4 is 5.32 Å². The number of esters is 1. The van der Waals surface area contributed by atoms with Gasteiger partial charge in [-0.3, -0.25) is 4.79 Å². The summed E-state index contributed by atoms with van der Waals surface area (Å²) in [5.41, 5.74) is 0.346. The molecule has 2 aromatic carbocycles. The van der Waals surface area contributed by atoms with Crippen molar-refractivity contribution in [3.05, 3.63) is 58.9 Å². The van der Waals surface area contributed by atoms with Gasteiger partial charge in [-0.05, 0) is 43.5 Å². The Morgan fingerprint density at radius 3 is 2.62 bits per heavy atom. The fourth-order valence-electron chi connectivity index (χ4n) is 1.92. The molecule has 0 saturated heterocycles. The van der Waals surface area contributed by atoms with E-state index >= 15 is 0 Å². The zero-order valence-electron chi connectivity index (χ0n) is 13.0. The van der Waals surface area contributed by atoms with Crippen molar-refractivity contribution in [2.24, 2.45) is 0 Å². The number of hydrogen-bond donors (Lipinski definition) is 1. The predicted octanol–water partition coefficient (Wildman–Crippen LogP) is 4.39. The van der Waals surface area contributed by atoms with Gasteiger partial charge in [-0.15, -0.1) is 11.8 Å². The normalized spacial score (nSPS) is 11.7. The number of benzene rings is 2. The van der Waals surface area contributed by atoms with Crippen LogP contribution in [-0.2, 0) is 9.53 Å². The summed E-state index contributed by atoms with van der Waals surface area (Å²) in [4.78, 5) is 25.0. The number of hydrogen-bond acceptors (Lipinski definition) is 4. The molecular formula is C17H15ClFNO3S. The van der Waals surface area contributed by atoms with Gasteiger partial charge in [0.2, 0.25) is 0 Å². The number of halogens is 2. The molecule has 2 aromatic rings. The number of amides is 1. The molecule has 0 aliphatic heterocycles. The maximum atomic E-state index is 13.7. The molecule has 126 valence electrons. The van der Waals surface area contributed by atoms with Gasteiger partial charge in [0, 0.05) is 9.92 Å². The molecular weight excluding hydrogens is 353 g/mol. The van der Waals surface area contributed by atoms with E-state index in [1.807, 2.05) is 12.3 Å². The first-order chi connectivity index (χ1) is 11.4. The molecule has 0 heterocycles. The molecule has 0 aliphatic rings. The Morgan fingerprint density at radius 1 is 1.25 bits per heavy atom. The number of carbonyl (C=O) groups excluding carboxylic acids is 2. The quantitative estimate of drug-likeness (QED) is 0.629. The average Bonchev–Trinajstić information content (AvgIpc) is 2.57. The summed E-state index contributed by atoms with van der Waals surface area (Å²) >= 11 is 7.06. The second-order valence-electron chi connectivity index (χ2n) is 4.86. The minimum absolute atomic E-state index is 0.0307. The van der Waals surface area contributed by atoms with Gasteiger partial charge >= 0.3 is 5.97 Å². The van der Waals surface area contributed by atoms with Gasteiger partial charge in [-0.2, -0.15) is 0 Å². The van der Waals surface area contributed by atoms with E-state index in [1.54, 1.807) is 18.2 Å². The molecule has 4 nitrogen and oxygen atoms in total. The summed E-state index contributed by atoms with van der Waals surface area (Å²) in [5.74, 6) is -1.91. The third-order valence-electron chi connectivity index (χ3n) is 3.17. The number of thioether (sulfide) groups is 1. The van der Waals surface area contributed by atoms with Crippen molar-refractivity contribution in [1.29, 1.82) is 0 Å². The molecule has 0 aromatic heterocycles. The zero-order valence-corrected chi connectivity index (χ0v) is 14.6. The van der Waals surface area contributed by atoms with Crippen molar-refractivity contribution in [3.63, 3.8) is 0 Å². The van der Waals surface area contributed by atoms with Crippen molar-refractivity contribution < 1.29 is 18.7 Å². The molecule has 1 atom stereocenters. The third kappa shape index (κ3) is 4.49. The van der Waals surface area contributed by atoms with Crippen LogP contribution in [0, 0.1) is 5.82 Å². The highest BCUT2D eigenvalue weighted by molar-refractivity contribution is 7.98. The lowest BCUT2D eigenvalue weighted by atomic mass is 10.2. The van der Waals surface area contributed by atoms with E-state index in [2.05, 4.69) is 5.32 Å². The van der Waals surface area contributed by atoms with Crippen LogP contribution in [0.25, 0.3) is 0 Å². The summed E-state index contributed by atoms with van der Waals surface area (Å²) in [6.07, 6.45) is 0.758. The molecule has 24 heavy (non-hydrogen) atoms. The molecule has 0 aliphatic carbocycles.